The number of hydrogen-bond donors (Lipinski definition) is 0. The Morgan fingerprint density at radius 3 is 2.81 bits per heavy atom. The standard InChI is InChI=1S/C13H15ClO2/c1-13(8-4-7-11(15)12(13)16)9-5-2-3-6-10(9)14/h2-3,5-6,11,15H,4,7-8H2,1H3/p+1/t11-,13+/m0/s1. The molecule has 1 aromatic rings. The average molecular weight is 240 g/mol. The molecular weight excluding hydrogens is 224 g/mol. The van der Waals surface area contributed by atoms with Crippen LogP contribution in [0.25, 0.3) is 0 Å². The highest BCUT2D eigenvalue weighted by molar-refractivity contribution is 6.31. The first-order valence-corrected chi connectivity index (χ1v) is 5.94. The van der Waals surface area contributed by atoms with E-state index in [2.05, 4.69) is 0 Å². The number of halogens is 1. The van der Waals surface area contributed by atoms with Crippen LogP contribution in [-0.4, -0.2) is 17.0 Å². The summed E-state index contributed by atoms with van der Waals surface area (Å²) in [6, 6.07) is 7.47. The smallest absolute Gasteiger partial charge is 0.221 e. The van der Waals surface area contributed by atoms with E-state index < -0.39 is 11.5 Å². The first kappa shape index (κ1) is 11.6. The van der Waals surface area contributed by atoms with Gasteiger partial charge in [0.05, 0.1) is 5.41 Å². The summed E-state index contributed by atoms with van der Waals surface area (Å²) in [6.07, 6.45) is 1.81. The van der Waals surface area contributed by atoms with Gasteiger partial charge in [-0.3, -0.25) is 4.79 Å². The minimum atomic E-state index is -0.588. The molecule has 1 fully saturated rings. The Morgan fingerprint density at radius 2 is 2.12 bits per heavy atom. The predicted molar refractivity (Wildman–Crippen MR) is 65.1 cm³/mol. The lowest BCUT2D eigenvalue weighted by Crippen LogP contribution is -2.44. The van der Waals surface area contributed by atoms with Crippen LogP contribution in [0.5, 0.6) is 0 Å². The summed E-state index contributed by atoms with van der Waals surface area (Å²) in [6.45, 7) is 1.91. The van der Waals surface area contributed by atoms with E-state index in [1.165, 1.54) is 0 Å². The van der Waals surface area contributed by atoms with Crippen molar-refractivity contribution in [2.75, 3.05) is 0 Å². The molecule has 0 spiro atoms. The molecule has 16 heavy (non-hydrogen) atoms. The Morgan fingerprint density at radius 1 is 1.44 bits per heavy atom. The van der Waals surface area contributed by atoms with Gasteiger partial charge in [-0.25, -0.2) is 0 Å². The van der Waals surface area contributed by atoms with Crippen molar-refractivity contribution in [1.29, 1.82) is 0 Å². The zero-order chi connectivity index (χ0) is 11.8. The van der Waals surface area contributed by atoms with E-state index in [0.29, 0.717) is 11.4 Å². The van der Waals surface area contributed by atoms with Gasteiger partial charge in [0.25, 0.3) is 0 Å². The normalized spacial score (nSPS) is 30.4. The molecule has 1 aliphatic rings. The van der Waals surface area contributed by atoms with E-state index in [1.54, 1.807) is 0 Å². The summed E-state index contributed by atoms with van der Waals surface area (Å²) in [5.41, 5.74) is 0.307. The SMILES string of the molecule is C[C@]1(c2ccccc2Cl)CCC[C@H]([OH2+])C1=O. The van der Waals surface area contributed by atoms with Crippen LogP contribution < -0.4 is 0 Å². The van der Waals surface area contributed by atoms with Crippen molar-refractivity contribution in [3.05, 3.63) is 34.9 Å². The summed E-state index contributed by atoms with van der Waals surface area (Å²) in [4.78, 5) is 12.2. The first-order chi connectivity index (χ1) is 7.55. The van der Waals surface area contributed by atoms with Gasteiger partial charge in [0.1, 0.15) is 0 Å². The topological polar surface area (TPSA) is 40.0 Å². The molecule has 0 unspecified atom stereocenters. The van der Waals surface area contributed by atoms with E-state index in [4.69, 9.17) is 16.7 Å². The Balaban J connectivity index is 2.45. The summed E-state index contributed by atoms with van der Waals surface area (Å²) < 4.78 is 0. The lowest BCUT2D eigenvalue weighted by molar-refractivity contribution is -0.135. The zero-order valence-corrected chi connectivity index (χ0v) is 10.1. The van der Waals surface area contributed by atoms with Gasteiger partial charge in [-0.15, -0.1) is 0 Å². The molecule has 0 saturated heterocycles. The molecule has 2 nitrogen and oxygen atoms in total. The van der Waals surface area contributed by atoms with E-state index in [1.807, 2.05) is 31.2 Å². The van der Waals surface area contributed by atoms with Crippen molar-refractivity contribution >= 4 is 17.4 Å². The second-order valence-electron chi connectivity index (χ2n) is 4.62. The molecule has 0 aliphatic heterocycles. The second kappa shape index (κ2) is 4.19. The Bertz CT molecular complexity index is 416. The Labute approximate surface area is 100 Å². The van der Waals surface area contributed by atoms with E-state index in [-0.39, 0.29) is 5.78 Å². The van der Waals surface area contributed by atoms with E-state index in [9.17, 15) is 4.79 Å². The third kappa shape index (κ3) is 1.76. The van der Waals surface area contributed by atoms with Gasteiger partial charge in [0, 0.05) is 11.4 Å². The number of hydrogen-bond acceptors (Lipinski definition) is 1. The number of benzene rings is 1. The minimum absolute atomic E-state index is 0.00634. The van der Waals surface area contributed by atoms with Crippen LogP contribution in [-0.2, 0) is 10.2 Å². The van der Waals surface area contributed by atoms with Gasteiger partial charge in [-0.05, 0) is 31.4 Å². The summed E-state index contributed by atoms with van der Waals surface area (Å²) >= 11 is 6.15. The van der Waals surface area contributed by atoms with Gasteiger partial charge in [0.15, 0.2) is 0 Å². The van der Waals surface area contributed by atoms with Crippen molar-refractivity contribution in [3.8, 4) is 0 Å². The third-order valence-corrected chi connectivity index (χ3v) is 3.83. The zero-order valence-electron chi connectivity index (χ0n) is 9.29. The molecular formula is C13H16ClO2+. The van der Waals surface area contributed by atoms with Gasteiger partial charge >= 0.3 is 0 Å². The molecule has 1 aromatic carbocycles. The van der Waals surface area contributed by atoms with Crippen molar-refractivity contribution in [2.24, 2.45) is 0 Å². The van der Waals surface area contributed by atoms with Crippen LogP contribution in [0.3, 0.4) is 0 Å². The van der Waals surface area contributed by atoms with Gasteiger partial charge in [-0.1, -0.05) is 29.8 Å². The Hall–Kier alpha value is -0.860. The van der Waals surface area contributed by atoms with E-state index >= 15 is 0 Å². The van der Waals surface area contributed by atoms with Gasteiger partial charge in [-0.2, -0.15) is 0 Å². The molecule has 2 N–H and O–H groups in total. The minimum Gasteiger partial charge on any atom is -0.437 e. The van der Waals surface area contributed by atoms with Crippen LogP contribution in [0.15, 0.2) is 24.3 Å². The summed E-state index contributed by atoms with van der Waals surface area (Å²) in [7, 11) is 0. The molecule has 0 aromatic heterocycles. The summed E-state index contributed by atoms with van der Waals surface area (Å²) in [5, 5.41) is 8.39. The fraction of sp³-hybridized carbons (Fsp3) is 0.462. The maximum absolute atomic E-state index is 12.2. The van der Waals surface area contributed by atoms with Crippen LogP contribution in [0.4, 0.5) is 0 Å². The van der Waals surface area contributed by atoms with Crippen LogP contribution >= 0.6 is 11.6 Å². The highest BCUT2D eigenvalue weighted by Crippen LogP contribution is 2.39. The fourth-order valence-electron chi connectivity index (χ4n) is 2.47. The molecule has 0 amide bonds. The lowest BCUT2D eigenvalue weighted by atomic mass is 9.69. The molecule has 1 aliphatic carbocycles. The Kier molecular flexibility index (Phi) is 3.04. The average Bonchev–Trinajstić information content (AvgIpc) is 2.26. The third-order valence-electron chi connectivity index (χ3n) is 3.50. The monoisotopic (exact) mass is 239 g/mol. The maximum atomic E-state index is 12.2. The first-order valence-electron chi connectivity index (χ1n) is 5.56. The van der Waals surface area contributed by atoms with Crippen LogP contribution in [0.2, 0.25) is 5.02 Å². The lowest BCUT2D eigenvalue weighted by Gasteiger charge is -2.33. The summed E-state index contributed by atoms with van der Waals surface area (Å²) in [5.74, 6) is 0.00634. The van der Waals surface area contributed by atoms with Crippen LogP contribution in [0, 0.1) is 0 Å². The number of rotatable bonds is 1. The molecule has 0 radical (unpaired) electrons. The van der Waals surface area contributed by atoms with Crippen LogP contribution in [0.1, 0.15) is 31.7 Å². The molecule has 0 bridgehead atoms. The van der Waals surface area contributed by atoms with Crippen molar-refractivity contribution < 1.29 is 9.90 Å². The van der Waals surface area contributed by atoms with Gasteiger partial charge in [0.2, 0.25) is 11.9 Å². The maximum Gasteiger partial charge on any atom is 0.221 e. The second-order valence-corrected chi connectivity index (χ2v) is 5.03. The molecule has 2 rings (SSSR count). The number of ketones is 1. The molecule has 2 atom stereocenters. The number of Topliss-reactive ketones (excluding diaryl/α,β-unsaturated/α-hetero) is 1. The van der Waals surface area contributed by atoms with Crippen molar-refractivity contribution in [1.82, 2.24) is 0 Å². The number of carbonyl (C=O) groups excluding carboxylic acids is 1. The van der Waals surface area contributed by atoms with Gasteiger partial charge < -0.3 is 5.11 Å². The molecule has 3 heteroatoms. The fourth-order valence-corrected chi connectivity index (χ4v) is 2.82. The molecule has 0 heterocycles. The highest BCUT2D eigenvalue weighted by Gasteiger charge is 2.44. The molecule has 1 saturated carbocycles. The van der Waals surface area contributed by atoms with E-state index in [0.717, 1.165) is 18.4 Å². The predicted octanol–water partition coefficient (Wildman–Crippen LogP) is 2.44. The largest absolute Gasteiger partial charge is 0.437 e. The highest BCUT2D eigenvalue weighted by atomic mass is 35.5. The quantitative estimate of drug-likeness (QED) is 0.694. The van der Waals surface area contributed by atoms with Crippen molar-refractivity contribution in [2.45, 2.75) is 37.7 Å². The van der Waals surface area contributed by atoms with Crippen molar-refractivity contribution in [3.63, 3.8) is 0 Å². The molecule has 86 valence electrons. The number of carbonyl (C=O) groups is 1.